The van der Waals surface area contributed by atoms with Crippen molar-refractivity contribution < 1.29 is 19.0 Å². The zero-order valence-electron chi connectivity index (χ0n) is 12.4. The molecule has 1 aromatic heterocycles. The number of ether oxygens (including phenoxy) is 1. The average Bonchev–Trinajstić information content (AvgIpc) is 2.52. The van der Waals surface area contributed by atoms with Gasteiger partial charge in [0.05, 0.1) is 24.7 Å². The van der Waals surface area contributed by atoms with Crippen LogP contribution in [-0.4, -0.2) is 29.7 Å². The van der Waals surface area contributed by atoms with Crippen LogP contribution in [0.25, 0.3) is 10.9 Å². The first-order valence-corrected chi connectivity index (χ1v) is 7.10. The van der Waals surface area contributed by atoms with Gasteiger partial charge in [-0.15, -0.1) is 0 Å². The fourth-order valence-electron chi connectivity index (χ4n) is 2.45. The average molecular weight is 306 g/mol. The molecule has 0 radical (unpaired) electrons. The number of carboxylic acids is 1. The van der Waals surface area contributed by atoms with E-state index in [1.165, 1.54) is 6.20 Å². The lowest BCUT2D eigenvalue weighted by Crippen LogP contribution is -2.23. The van der Waals surface area contributed by atoms with Gasteiger partial charge in [0, 0.05) is 11.9 Å². The van der Waals surface area contributed by atoms with E-state index in [4.69, 9.17) is 15.6 Å². The molecule has 0 aliphatic heterocycles. The Morgan fingerprint density at radius 2 is 2.27 bits per heavy atom. The maximum Gasteiger partial charge on any atom is 0.307 e. The van der Waals surface area contributed by atoms with Crippen LogP contribution >= 0.6 is 0 Å². The molecule has 0 unspecified atom stereocenters. The summed E-state index contributed by atoms with van der Waals surface area (Å²) in [6.07, 6.45) is 2.59. The third-order valence-corrected chi connectivity index (χ3v) is 3.75. The Morgan fingerprint density at radius 1 is 1.50 bits per heavy atom. The molecule has 0 aliphatic carbocycles. The van der Waals surface area contributed by atoms with Gasteiger partial charge >= 0.3 is 5.97 Å². The van der Waals surface area contributed by atoms with E-state index in [0.29, 0.717) is 41.5 Å². The van der Waals surface area contributed by atoms with Crippen LogP contribution in [0.4, 0.5) is 4.39 Å². The summed E-state index contributed by atoms with van der Waals surface area (Å²) in [5, 5.41) is 9.68. The second kappa shape index (κ2) is 7.17. The smallest absolute Gasteiger partial charge is 0.307 e. The molecule has 1 atom stereocenters. The van der Waals surface area contributed by atoms with Gasteiger partial charge in [0.25, 0.3) is 0 Å². The summed E-state index contributed by atoms with van der Waals surface area (Å²) in [7, 11) is 1.55. The number of halogens is 1. The molecular weight excluding hydrogens is 287 g/mol. The van der Waals surface area contributed by atoms with E-state index in [1.807, 2.05) is 0 Å². The summed E-state index contributed by atoms with van der Waals surface area (Å²) in [6.45, 7) is 0.0860. The first-order valence-electron chi connectivity index (χ1n) is 7.10. The first-order chi connectivity index (χ1) is 10.6. The second-order valence-electron chi connectivity index (χ2n) is 5.13. The highest BCUT2D eigenvalue weighted by atomic mass is 19.1. The van der Waals surface area contributed by atoms with Crippen molar-refractivity contribution in [2.45, 2.75) is 19.3 Å². The molecule has 118 valence electrons. The summed E-state index contributed by atoms with van der Waals surface area (Å²) in [4.78, 5) is 15.0. The Hall–Kier alpha value is -2.21. The minimum absolute atomic E-state index is 0.0860. The molecule has 0 amide bonds. The van der Waals surface area contributed by atoms with Crippen molar-refractivity contribution >= 4 is 16.9 Å². The number of aliphatic carboxylic acids is 1. The van der Waals surface area contributed by atoms with E-state index >= 15 is 0 Å². The van der Waals surface area contributed by atoms with E-state index in [1.54, 1.807) is 25.3 Å². The minimum atomic E-state index is -0.913. The summed E-state index contributed by atoms with van der Waals surface area (Å²) >= 11 is 0. The van der Waals surface area contributed by atoms with Crippen molar-refractivity contribution in [2.24, 2.45) is 11.7 Å². The molecule has 0 fully saturated rings. The molecule has 0 saturated carbocycles. The lowest BCUT2D eigenvalue weighted by atomic mass is 9.97. The highest BCUT2D eigenvalue weighted by molar-refractivity contribution is 5.83. The van der Waals surface area contributed by atoms with Crippen LogP contribution in [0, 0.1) is 11.7 Å². The molecule has 0 bridgehead atoms. The molecule has 1 heterocycles. The van der Waals surface area contributed by atoms with Crippen LogP contribution in [0.5, 0.6) is 5.75 Å². The van der Waals surface area contributed by atoms with Crippen molar-refractivity contribution in [1.29, 1.82) is 0 Å². The van der Waals surface area contributed by atoms with Gasteiger partial charge in [-0.25, -0.2) is 4.39 Å². The fraction of sp³-hybridized carbons (Fsp3) is 0.375. The zero-order valence-corrected chi connectivity index (χ0v) is 12.4. The summed E-state index contributed by atoms with van der Waals surface area (Å²) < 4.78 is 19.2. The van der Waals surface area contributed by atoms with Gasteiger partial charge in [-0.2, -0.15) is 0 Å². The summed E-state index contributed by atoms with van der Waals surface area (Å²) in [6, 6.07) is 5.29. The molecule has 1 aromatic carbocycles. The van der Waals surface area contributed by atoms with Crippen molar-refractivity contribution in [3.05, 3.63) is 35.8 Å². The topological polar surface area (TPSA) is 85.4 Å². The Bertz CT molecular complexity index is 676. The number of aryl methyl sites for hydroxylation is 1. The third-order valence-electron chi connectivity index (χ3n) is 3.75. The molecule has 3 N–H and O–H groups in total. The number of benzene rings is 1. The lowest BCUT2D eigenvalue weighted by molar-refractivity contribution is -0.141. The van der Waals surface area contributed by atoms with Crippen LogP contribution in [0.15, 0.2) is 24.4 Å². The van der Waals surface area contributed by atoms with Crippen molar-refractivity contribution in [1.82, 2.24) is 4.98 Å². The fourth-order valence-corrected chi connectivity index (χ4v) is 2.45. The molecule has 22 heavy (non-hydrogen) atoms. The third kappa shape index (κ3) is 3.51. The van der Waals surface area contributed by atoms with Gasteiger partial charge in [0.2, 0.25) is 0 Å². The maximum atomic E-state index is 14.1. The first kappa shape index (κ1) is 16.2. The number of pyridine rings is 1. The van der Waals surface area contributed by atoms with Crippen molar-refractivity contribution in [2.75, 3.05) is 13.7 Å². The Balaban J connectivity index is 2.22. The minimum Gasteiger partial charge on any atom is -0.497 e. The Labute approximate surface area is 127 Å². The second-order valence-corrected chi connectivity index (χ2v) is 5.13. The number of nitrogens with zero attached hydrogens (tertiary/aromatic N) is 1. The number of carboxylic acid groups (broad SMARTS) is 1. The summed E-state index contributed by atoms with van der Waals surface area (Å²) in [5.41, 5.74) is 6.65. The Kier molecular flexibility index (Phi) is 5.27. The van der Waals surface area contributed by atoms with Crippen LogP contribution in [0.2, 0.25) is 0 Å². The number of carbonyl (C=O) groups is 1. The van der Waals surface area contributed by atoms with E-state index in [0.717, 1.165) is 0 Å². The standard InChI is InChI=1S/C16H19FN2O3/c1-22-11-5-6-15-13(7-11)12(14(17)9-19-15)4-2-3-10(8-18)16(20)21/h5-7,9-10H,2-4,8,18H2,1H3,(H,20,21)/t10-/m0/s1. The lowest BCUT2D eigenvalue weighted by Gasteiger charge is -2.11. The molecule has 5 nitrogen and oxygen atoms in total. The van der Waals surface area contributed by atoms with Gasteiger partial charge in [-0.3, -0.25) is 9.78 Å². The van der Waals surface area contributed by atoms with Gasteiger partial charge in [0.1, 0.15) is 11.6 Å². The highest BCUT2D eigenvalue weighted by Crippen LogP contribution is 2.26. The molecule has 0 aliphatic rings. The number of fused-ring (bicyclic) bond motifs is 1. The number of methoxy groups -OCH3 is 1. The number of hydrogen-bond acceptors (Lipinski definition) is 4. The number of aromatic nitrogens is 1. The number of rotatable bonds is 7. The molecule has 2 rings (SSSR count). The zero-order chi connectivity index (χ0) is 16.1. The quantitative estimate of drug-likeness (QED) is 0.820. The monoisotopic (exact) mass is 306 g/mol. The van der Waals surface area contributed by atoms with E-state index in [9.17, 15) is 9.18 Å². The molecule has 0 spiro atoms. The predicted octanol–water partition coefficient (Wildman–Crippen LogP) is 2.36. The van der Waals surface area contributed by atoms with E-state index in [2.05, 4.69) is 4.98 Å². The number of nitrogens with two attached hydrogens (primary N) is 1. The largest absolute Gasteiger partial charge is 0.497 e. The molecule has 6 heteroatoms. The maximum absolute atomic E-state index is 14.1. The van der Waals surface area contributed by atoms with Crippen LogP contribution in [0.3, 0.4) is 0 Å². The van der Waals surface area contributed by atoms with Gasteiger partial charge in [-0.1, -0.05) is 0 Å². The predicted molar refractivity (Wildman–Crippen MR) is 81.4 cm³/mol. The summed E-state index contributed by atoms with van der Waals surface area (Å²) in [5.74, 6) is -1.26. The normalized spacial score (nSPS) is 12.3. The molecular formula is C16H19FN2O3. The van der Waals surface area contributed by atoms with Gasteiger partial charge in [0.15, 0.2) is 0 Å². The molecule has 2 aromatic rings. The van der Waals surface area contributed by atoms with E-state index < -0.39 is 11.9 Å². The van der Waals surface area contributed by atoms with Crippen LogP contribution in [-0.2, 0) is 11.2 Å². The SMILES string of the molecule is COc1ccc2ncc(F)c(CCC[C@@H](CN)C(=O)O)c2c1. The van der Waals surface area contributed by atoms with Gasteiger partial charge < -0.3 is 15.6 Å². The van der Waals surface area contributed by atoms with Crippen molar-refractivity contribution in [3.63, 3.8) is 0 Å². The highest BCUT2D eigenvalue weighted by Gasteiger charge is 2.16. The van der Waals surface area contributed by atoms with Crippen LogP contribution < -0.4 is 10.5 Å². The van der Waals surface area contributed by atoms with Crippen LogP contribution in [0.1, 0.15) is 18.4 Å². The van der Waals surface area contributed by atoms with E-state index in [-0.39, 0.29) is 12.4 Å². The Morgan fingerprint density at radius 3 is 2.91 bits per heavy atom. The van der Waals surface area contributed by atoms with Crippen molar-refractivity contribution in [3.8, 4) is 5.75 Å². The molecule has 0 saturated heterocycles. The van der Waals surface area contributed by atoms with Gasteiger partial charge in [-0.05, 0) is 43.0 Å². The number of hydrogen-bond donors (Lipinski definition) is 2.